The lowest BCUT2D eigenvalue weighted by Gasteiger charge is -2.09. The zero-order valence-electron chi connectivity index (χ0n) is 8.53. The first-order valence-electron chi connectivity index (χ1n) is 4.80. The van der Waals surface area contributed by atoms with E-state index in [4.69, 9.17) is 9.47 Å². The quantitative estimate of drug-likeness (QED) is 0.819. The van der Waals surface area contributed by atoms with Gasteiger partial charge >= 0.3 is 6.09 Å². The summed E-state index contributed by atoms with van der Waals surface area (Å²) in [5.74, 6) is 0. The van der Waals surface area contributed by atoms with Gasteiger partial charge in [-0.3, -0.25) is 0 Å². The fourth-order valence-electron chi connectivity index (χ4n) is 1.63. The van der Waals surface area contributed by atoms with Crippen molar-refractivity contribution in [1.82, 2.24) is 5.32 Å². The average molecular weight is 207 g/mol. The van der Waals surface area contributed by atoms with E-state index in [9.17, 15) is 4.79 Å². The molecule has 1 aliphatic heterocycles. The molecule has 1 fully saturated rings. The summed E-state index contributed by atoms with van der Waals surface area (Å²) in [6, 6.07) is 7.90. The average Bonchev–Trinajstić information content (AvgIpc) is 2.66. The SMILES string of the molecule is COCc1cccc(C2COC(=O)N2)c1. The van der Waals surface area contributed by atoms with Crippen molar-refractivity contribution in [2.24, 2.45) is 0 Å². The first kappa shape index (κ1) is 9.98. The van der Waals surface area contributed by atoms with E-state index in [1.54, 1.807) is 7.11 Å². The van der Waals surface area contributed by atoms with Crippen LogP contribution in [0.25, 0.3) is 0 Å². The van der Waals surface area contributed by atoms with Crippen molar-refractivity contribution in [2.45, 2.75) is 12.6 Å². The molecule has 4 nitrogen and oxygen atoms in total. The molecule has 1 unspecified atom stereocenters. The molecule has 1 amide bonds. The van der Waals surface area contributed by atoms with Crippen molar-refractivity contribution >= 4 is 6.09 Å². The molecule has 1 atom stereocenters. The third-order valence-corrected chi connectivity index (χ3v) is 2.34. The smallest absolute Gasteiger partial charge is 0.407 e. The van der Waals surface area contributed by atoms with Crippen LogP contribution in [-0.2, 0) is 16.1 Å². The molecule has 1 heterocycles. The number of hydrogen-bond acceptors (Lipinski definition) is 3. The van der Waals surface area contributed by atoms with Crippen molar-refractivity contribution in [3.63, 3.8) is 0 Å². The largest absolute Gasteiger partial charge is 0.447 e. The highest BCUT2D eigenvalue weighted by molar-refractivity contribution is 5.70. The molecule has 0 saturated carbocycles. The van der Waals surface area contributed by atoms with Crippen LogP contribution in [0.1, 0.15) is 17.2 Å². The molecule has 2 rings (SSSR count). The molecule has 0 aromatic heterocycles. The van der Waals surface area contributed by atoms with E-state index in [1.807, 2.05) is 24.3 Å². The van der Waals surface area contributed by atoms with E-state index in [0.717, 1.165) is 11.1 Å². The maximum Gasteiger partial charge on any atom is 0.407 e. The van der Waals surface area contributed by atoms with E-state index in [1.165, 1.54) is 0 Å². The Morgan fingerprint density at radius 1 is 1.60 bits per heavy atom. The number of cyclic esters (lactones) is 1. The molecular weight excluding hydrogens is 194 g/mol. The molecule has 1 aromatic carbocycles. The maximum absolute atomic E-state index is 10.9. The number of ether oxygens (including phenoxy) is 2. The van der Waals surface area contributed by atoms with Crippen LogP contribution in [0.4, 0.5) is 4.79 Å². The normalized spacial score (nSPS) is 19.8. The van der Waals surface area contributed by atoms with Crippen LogP contribution in [0, 0.1) is 0 Å². The van der Waals surface area contributed by atoms with Crippen molar-refractivity contribution < 1.29 is 14.3 Å². The van der Waals surface area contributed by atoms with Crippen LogP contribution < -0.4 is 5.32 Å². The second-order valence-corrected chi connectivity index (χ2v) is 3.47. The van der Waals surface area contributed by atoms with Gasteiger partial charge in [-0.15, -0.1) is 0 Å². The van der Waals surface area contributed by atoms with Crippen molar-refractivity contribution in [3.8, 4) is 0 Å². The van der Waals surface area contributed by atoms with Crippen LogP contribution >= 0.6 is 0 Å². The molecule has 1 aromatic rings. The molecule has 4 heteroatoms. The minimum Gasteiger partial charge on any atom is -0.447 e. The zero-order valence-corrected chi connectivity index (χ0v) is 8.53. The van der Waals surface area contributed by atoms with Crippen LogP contribution in [0.2, 0.25) is 0 Å². The summed E-state index contributed by atoms with van der Waals surface area (Å²) in [5, 5.41) is 2.74. The predicted octanol–water partition coefficient (Wildman–Crippen LogP) is 1.61. The van der Waals surface area contributed by atoms with Gasteiger partial charge in [0.15, 0.2) is 0 Å². The monoisotopic (exact) mass is 207 g/mol. The molecule has 1 aliphatic rings. The van der Waals surface area contributed by atoms with E-state index in [2.05, 4.69) is 5.32 Å². The summed E-state index contributed by atoms with van der Waals surface area (Å²) in [5.41, 5.74) is 2.14. The molecule has 0 bridgehead atoms. The molecule has 1 saturated heterocycles. The summed E-state index contributed by atoms with van der Waals surface area (Å²) in [6.45, 7) is 0.977. The predicted molar refractivity (Wildman–Crippen MR) is 54.4 cm³/mol. The first-order chi connectivity index (χ1) is 7.29. The number of rotatable bonds is 3. The van der Waals surface area contributed by atoms with Crippen LogP contribution in [0.5, 0.6) is 0 Å². The van der Waals surface area contributed by atoms with Crippen LogP contribution in [-0.4, -0.2) is 19.8 Å². The molecule has 0 radical (unpaired) electrons. The van der Waals surface area contributed by atoms with Gasteiger partial charge in [-0.1, -0.05) is 24.3 Å². The van der Waals surface area contributed by atoms with Gasteiger partial charge in [-0.05, 0) is 11.1 Å². The summed E-state index contributed by atoms with van der Waals surface area (Å²) < 4.78 is 9.89. The Kier molecular flexibility index (Phi) is 2.87. The van der Waals surface area contributed by atoms with Gasteiger partial charge < -0.3 is 14.8 Å². The van der Waals surface area contributed by atoms with Gasteiger partial charge in [0.2, 0.25) is 0 Å². The Morgan fingerprint density at radius 3 is 3.13 bits per heavy atom. The lowest BCUT2D eigenvalue weighted by atomic mass is 10.1. The number of carbonyl (C=O) groups is 1. The summed E-state index contributed by atoms with van der Waals surface area (Å²) in [7, 11) is 1.66. The van der Waals surface area contributed by atoms with E-state index in [-0.39, 0.29) is 12.1 Å². The lowest BCUT2D eigenvalue weighted by Crippen LogP contribution is -2.18. The highest BCUT2D eigenvalue weighted by atomic mass is 16.6. The fraction of sp³-hybridized carbons (Fsp3) is 0.364. The summed E-state index contributed by atoms with van der Waals surface area (Å²) in [6.07, 6.45) is -0.350. The third kappa shape index (κ3) is 2.27. The van der Waals surface area contributed by atoms with Gasteiger partial charge in [-0.25, -0.2) is 4.79 Å². The Balaban J connectivity index is 2.14. The number of carbonyl (C=O) groups excluding carboxylic acids is 1. The number of methoxy groups -OCH3 is 1. The van der Waals surface area contributed by atoms with Crippen molar-refractivity contribution in [2.75, 3.05) is 13.7 Å². The lowest BCUT2D eigenvalue weighted by molar-refractivity contribution is 0.177. The van der Waals surface area contributed by atoms with Crippen LogP contribution in [0.15, 0.2) is 24.3 Å². The Hall–Kier alpha value is -1.55. The second-order valence-electron chi connectivity index (χ2n) is 3.47. The van der Waals surface area contributed by atoms with Gasteiger partial charge in [0.05, 0.1) is 12.6 Å². The van der Waals surface area contributed by atoms with Crippen molar-refractivity contribution in [1.29, 1.82) is 0 Å². The van der Waals surface area contributed by atoms with Gasteiger partial charge in [0.25, 0.3) is 0 Å². The number of nitrogens with one attached hydrogen (secondary N) is 1. The number of amides is 1. The number of benzene rings is 1. The highest BCUT2D eigenvalue weighted by Gasteiger charge is 2.23. The molecule has 0 aliphatic carbocycles. The minimum atomic E-state index is -0.350. The Labute approximate surface area is 88.2 Å². The van der Waals surface area contributed by atoms with E-state index < -0.39 is 0 Å². The molecule has 1 N–H and O–H groups in total. The maximum atomic E-state index is 10.9. The number of alkyl carbamates (subject to hydrolysis) is 1. The molecular formula is C11H13NO3. The zero-order chi connectivity index (χ0) is 10.7. The van der Waals surface area contributed by atoms with E-state index in [0.29, 0.717) is 13.2 Å². The van der Waals surface area contributed by atoms with Crippen molar-refractivity contribution in [3.05, 3.63) is 35.4 Å². The van der Waals surface area contributed by atoms with Crippen LogP contribution in [0.3, 0.4) is 0 Å². The fourth-order valence-corrected chi connectivity index (χ4v) is 1.63. The topological polar surface area (TPSA) is 47.6 Å². The molecule has 80 valence electrons. The molecule has 15 heavy (non-hydrogen) atoms. The second kappa shape index (κ2) is 4.31. The highest BCUT2D eigenvalue weighted by Crippen LogP contribution is 2.19. The summed E-state index contributed by atoms with van der Waals surface area (Å²) in [4.78, 5) is 10.9. The third-order valence-electron chi connectivity index (χ3n) is 2.34. The molecule has 0 spiro atoms. The van der Waals surface area contributed by atoms with E-state index >= 15 is 0 Å². The van der Waals surface area contributed by atoms with Gasteiger partial charge in [-0.2, -0.15) is 0 Å². The van der Waals surface area contributed by atoms with Gasteiger partial charge in [0.1, 0.15) is 6.61 Å². The standard InChI is InChI=1S/C11H13NO3/c1-14-6-8-3-2-4-9(5-8)10-7-15-11(13)12-10/h2-5,10H,6-7H2,1H3,(H,12,13). The summed E-state index contributed by atoms with van der Waals surface area (Å²) >= 11 is 0. The first-order valence-corrected chi connectivity index (χ1v) is 4.80. The van der Waals surface area contributed by atoms with Gasteiger partial charge in [0, 0.05) is 7.11 Å². The number of hydrogen-bond donors (Lipinski definition) is 1. The Morgan fingerprint density at radius 2 is 2.47 bits per heavy atom. The Bertz CT molecular complexity index is 365. The minimum absolute atomic E-state index is 0.0330.